The molecule has 0 amide bonds. The highest BCUT2D eigenvalue weighted by molar-refractivity contribution is 5.56. The molecule has 0 spiro atoms. The SMILES string of the molecule is COc1cccc(-c2nnn([C@H]3CCCC[C@H]3O)n2)c1. The van der Waals surface area contributed by atoms with Crippen molar-refractivity contribution in [3.8, 4) is 17.1 Å². The van der Waals surface area contributed by atoms with Crippen molar-refractivity contribution >= 4 is 0 Å². The van der Waals surface area contributed by atoms with Crippen LogP contribution < -0.4 is 4.74 Å². The third-order valence-corrected chi connectivity index (χ3v) is 3.75. The quantitative estimate of drug-likeness (QED) is 0.924. The molecular formula is C14H18N4O2. The van der Waals surface area contributed by atoms with Crippen LogP contribution in [0.25, 0.3) is 11.4 Å². The molecule has 1 aliphatic carbocycles. The van der Waals surface area contributed by atoms with Crippen molar-refractivity contribution in [2.24, 2.45) is 0 Å². The van der Waals surface area contributed by atoms with E-state index in [1.54, 1.807) is 11.9 Å². The zero-order chi connectivity index (χ0) is 13.9. The smallest absolute Gasteiger partial charge is 0.205 e. The van der Waals surface area contributed by atoms with E-state index < -0.39 is 0 Å². The zero-order valence-corrected chi connectivity index (χ0v) is 11.4. The lowest BCUT2D eigenvalue weighted by Gasteiger charge is -2.25. The Morgan fingerprint density at radius 3 is 2.95 bits per heavy atom. The maximum absolute atomic E-state index is 10.0. The van der Waals surface area contributed by atoms with Gasteiger partial charge in [-0.25, -0.2) is 0 Å². The molecule has 2 aromatic rings. The molecule has 1 saturated carbocycles. The molecule has 1 N–H and O–H groups in total. The number of aliphatic hydroxyl groups excluding tert-OH is 1. The van der Waals surface area contributed by atoms with E-state index in [2.05, 4.69) is 15.4 Å². The molecule has 0 bridgehead atoms. The van der Waals surface area contributed by atoms with Crippen molar-refractivity contribution in [2.75, 3.05) is 7.11 Å². The van der Waals surface area contributed by atoms with E-state index in [9.17, 15) is 5.11 Å². The second-order valence-electron chi connectivity index (χ2n) is 5.08. The number of aliphatic hydroxyl groups is 1. The molecule has 1 fully saturated rings. The Hall–Kier alpha value is -1.95. The van der Waals surface area contributed by atoms with Crippen LogP contribution in [0.5, 0.6) is 5.75 Å². The number of hydrogen-bond acceptors (Lipinski definition) is 5. The summed E-state index contributed by atoms with van der Waals surface area (Å²) in [7, 11) is 1.63. The molecule has 106 valence electrons. The van der Waals surface area contributed by atoms with Crippen LogP contribution in [0, 0.1) is 0 Å². The van der Waals surface area contributed by atoms with Crippen LogP contribution in [0.1, 0.15) is 31.7 Å². The average Bonchev–Trinajstić information content (AvgIpc) is 2.97. The van der Waals surface area contributed by atoms with Crippen LogP contribution in [-0.2, 0) is 0 Å². The summed E-state index contributed by atoms with van der Waals surface area (Å²) in [5, 5.41) is 22.6. The molecule has 6 heteroatoms. The number of benzene rings is 1. The van der Waals surface area contributed by atoms with Crippen LogP contribution in [0.2, 0.25) is 0 Å². The Morgan fingerprint density at radius 2 is 2.15 bits per heavy atom. The summed E-state index contributed by atoms with van der Waals surface area (Å²) in [5.74, 6) is 1.32. The van der Waals surface area contributed by atoms with Gasteiger partial charge in [-0.1, -0.05) is 25.0 Å². The van der Waals surface area contributed by atoms with Gasteiger partial charge in [-0.05, 0) is 30.2 Å². The number of methoxy groups -OCH3 is 1. The number of aromatic nitrogens is 4. The van der Waals surface area contributed by atoms with E-state index in [-0.39, 0.29) is 12.1 Å². The second kappa shape index (κ2) is 5.58. The standard InChI is InChI=1S/C14H18N4O2/c1-20-11-6-4-5-10(9-11)14-15-17-18(16-14)12-7-2-3-8-13(12)19/h4-6,9,12-13,19H,2-3,7-8H2,1H3/t12-,13+/m0/s1. The van der Waals surface area contributed by atoms with Gasteiger partial charge in [-0.3, -0.25) is 0 Å². The molecule has 6 nitrogen and oxygen atoms in total. The van der Waals surface area contributed by atoms with Crippen molar-refractivity contribution in [1.82, 2.24) is 20.2 Å². The summed E-state index contributed by atoms with van der Waals surface area (Å²) in [4.78, 5) is 1.55. The van der Waals surface area contributed by atoms with Crippen molar-refractivity contribution in [3.63, 3.8) is 0 Å². The molecule has 0 aliphatic heterocycles. The number of rotatable bonds is 3. The minimum atomic E-state index is -0.379. The fraction of sp³-hybridized carbons (Fsp3) is 0.500. The molecule has 0 unspecified atom stereocenters. The predicted molar refractivity (Wildman–Crippen MR) is 73.3 cm³/mol. The van der Waals surface area contributed by atoms with Crippen LogP contribution in [0.15, 0.2) is 24.3 Å². The van der Waals surface area contributed by atoms with Gasteiger partial charge < -0.3 is 9.84 Å². The van der Waals surface area contributed by atoms with Crippen molar-refractivity contribution in [2.45, 2.75) is 37.8 Å². The average molecular weight is 274 g/mol. The van der Waals surface area contributed by atoms with Gasteiger partial charge in [0.2, 0.25) is 5.82 Å². The largest absolute Gasteiger partial charge is 0.497 e. The lowest BCUT2D eigenvalue weighted by Crippen LogP contribution is -2.29. The van der Waals surface area contributed by atoms with E-state index in [1.807, 2.05) is 24.3 Å². The lowest BCUT2D eigenvalue weighted by molar-refractivity contribution is 0.0614. The molecule has 1 heterocycles. The Morgan fingerprint density at radius 1 is 1.30 bits per heavy atom. The highest BCUT2D eigenvalue weighted by Gasteiger charge is 2.26. The van der Waals surface area contributed by atoms with E-state index in [0.29, 0.717) is 5.82 Å². The third kappa shape index (κ3) is 2.51. The first kappa shape index (κ1) is 13.1. The first-order chi connectivity index (χ1) is 9.78. The molecule has 1 aromatic heterocycles. The molecule has 1 aromatic carbocycles. The predicted octanol–water partition coefficient (Wildman–Crippen LogP) is 1.82. The molecule has 20 heavy (non-hydrogen) atoms. The summed E-state index contributed by atoms with van der Waals surface area (Å²) in [6.45, 7) is 0. The van der Waals surface area contributed by atoms with Crippen LogP contribution >= 0.6 is 0 Å². The van der Waals surface area contributed by atoms with E-state index in [4.69, 9.17) is 4.74 Å². The molecule has 3 rings (SSSR count). The number of nitrogens with zero attached hydrogens (tertiary/aromatic N) is 4. The van der Waals surface area contributed by atoms with Gasteiger partial charge >= 0.3 is 0 Å². The van der Waals surface area contributed by atoms with Crippen molar-refractivity contribution in [1.29, 1.82) is 0 Å². The van der Waals surface area contributed by atoms with Crippen molar-refractivity contribution < 1.29 is 9.84 Å². The summed E-state index contributed by atoms with van der Waals surface area (Å²) in [6, 6.07) is 7.50. The zero-order valence-electron chi connectivity index (χ0n) is 11.4. The van der Waals surface area contributed by atoms with E-state index in [0.717, 1.165) is 37.0 Å². The minimum Gasteiger partial charge on any atom is -0.497 e. The summed E-state index contributed by atoms with van der Waals surface area (Å²) in [5.41, 5.74) is 0.862. The van der Waals surface area contributed by atoms with Gasteiger partial charge in [-0.15, -0.1) is 10.2 Å². The minimum absolute atomic E-state index is 0.0596. The third-order valence-electron chi connectivity index (χ3n) is 3.75. The Bertz CT molecular complexity index is 584. The first-order valence-electron chi connectivity index (χ1n) is 6.90. The number of tetrazole rings is 1. The van der Waals surface area contributed by atoms with Crippen LogP contribution in [-0.4, -0.2) is 38.5 Å². The number of hydrogen-bond donors (Lipinski definition) is 1. The molecule has 1 aliphatic rings. The summed E-state index contributed by atoms with van der Waals surface area (Å²) in [6.07, 6.45) is 3.49. The lowest BCUT2D eigenvalue weighted by atomic mass is 9.93. The van der Waals surface area contributed by atoms with Gasteiger partial charge in [0.05, 0.1) is 19.3 Å². The van der Waals surface area contributed by atoms with Gasteiger partial charge in [0.15, 0.2) is 0 Å². The Kier molecular flexibility index (Phi) is 3.64. The molecular weight excluding hydrogens is 256 g/mol. The number of ether oxygens (including phenoxy) is 1. The highest BCUT2D eigenvalue weighted by atomic mass is 16.5. The maximum Gasteiger partial charge on any atom is 0.205 e. The van der Waals surface area contributed by atoms with Crippen LogP contribution in [0.4, 0.5) is 0 Å². The van der Waals surface area contributed by atoms with Gasteiger partial charge in [-0.2, -0.15) is 4.80 Å². The summed E-state index contributed by atoms with van der Waals surface area (Å²) >= 11 is 0. The molecule has 0 radical (unpaired) electrons. The fourth-order valence-corrected chi connectivity index (χ4v) is 2.60. The second-order valence-corrected chi connectivity index (χ2v) is 5.08. The Balaban J connectivity index is 1.85. The van der Waals surface area contributed by atoms with E-state index in [1.165, 1.54) is 0 Å². The van der Waals surface area contributed by atoms with Gasteiger partial charge in [0, 0.05) is 5.56 Å². The Labute approximate surface area is 117 Å². The topological polar surface area (TPSA) is 73.1 Å². The molecule has 2 atom stereocenters. The fourth-order valence-electron chi connectivity index (χ4n) is 2.60. The highest BCUT2D eigenvalue weighted by Crippen LogP contribution is 2.28. The first-order valence-corrected chi connectivity index (χ1v) is 6.90. The van der Waals surface area contributed by atoms with Gasteiger partial charge in [0.1, 0.15) is 5.75 Å². The normalized spacial score (nSPS) is 22.7. The summed E-state index contributed by atoms with van der Waals surface area (Å²) < 4.78 is 5.19. The van der Waals surface area contributed by atoms with E-state index >= 15 is 0 Å². The van der Waals surface area contributed by atoms with Gasteiger partial charge in [0.25, 0.3) is 0 Å². The maximum atomic E-state index is 10.0. The van der Waals surface area contributed by atoms with Crippen LogP contribution in [0.3, 0.4) is 0 Å². The van der Waals surface area contributed by atoms with Crippen molar-refractivity contribution in [3.05, 3.63) is 24.3 Å². The monoisotopic (exact) mass is 274 g/mol. The molecule has 0 saturated heterocycles.